The van der Waals surface area contributed by atoms with Crippen LogP contribution in [0.25, 0.3) is 0 Å². The third kappa shape index (κ3) is 3.42. The zero-order valence-corrected chi connectivity index (χ0v) is 13.2. The van der Waals surface area contributed by atoms with Crippen LogP contribution < -0.4 is 5.32 Å². The van der Waals surface area contributed by atoms with Gasteiger partial charge in [-0.25, -0.2) is 0 Å². The molecular formula is C19H20N2O2. The van der Waals surface area contributed by atoms with Crippen LogP contribution in [-0.4, -0.2) is 29.8 Å². The second kappa shape index (κ2) is 6.65. The maximum atomic E-state index is 12.5. The first-order valence-electron chi connectivity index (χ1n) is 7.91. The molecule has 2 aromatic rings. The van der Waals surface area contributed by atoms with Crippen LogP contribution in [-0.2, 0) is 0 Å². The maximum absolute atomic E-state index is 12.5. The van der Waals surface area contributed by atoms with Gasteiger partial charge in [0.1, 0.15) is 0 Å². The number of aryl methyl sites for hydroxylation is 1. The van der Waals surface area contributed by atoms with Crippen LogP contribution in [0, 0.1) is 6.92 Å². The highest BCUT2D eigenvalue weighted by atomic mass is 16.2. The summed E-state index contributed by atoms with van der Waals surface area (Å²) in [5.74, 6) is -0.128. The SMILES string of the molecule is Cc1ccc(C(=O)N2CCCC2)cc1NC(=O)c1ccccc1. The molecule has 0 unspecified atom stereocenters. The predicted octanol–water partition coefficient (Wildman–Crippen LogP) is 3.48. The minimum Gasteiger partial charge on any atom is -0.339 e. The van der Waals surface area contributed by atoms with Crippen molar-refractivity contribution in [3.63, 3.8) is 0 Å². The van der Waals surface area contributed by atoms with Gasteiger partial charge in [-0.2, -0.15) is 0 Å². The Balaban J connectivity index is 1.80. The summed E-state index contributed by atoms with van der Waals surface area (Å²) in [4.78, 5) is 26.6. The molecule has 1 aliphatic heterocycles. The molecule has 2 amide bonds. The second-order valence-corrected chi connectivity index (χ2v) is 5.85. The Kier molecular flexibility index (Phi) is 4.42. The van der Waals surface area contributed by atoms with Crippen molar-refractivity contribution in [1.82, 2.24) is 4.90 Å². The molecule has 4 heteroatoms. The number of nitrogens with zero attached hydrogens (tertiary/aromatic N) is 1. The molecule has 0 saturated carbocycles. The van der Waals surface area contributed by atoms with Gasteiger partial charge >= 0.3 is 0 Å². The van der Waals surface area contributed by atoms with E-state index in [1.54, 1.807) is 18.2 Å². The largest absolute Gasteiger partial charge is 0.339 e. The van der Waals surface area contributed by atoms with E-state index >= 15 is 0 Å². The first-order chi connectivity index (χ1) is 11.1. The number of benzene rings is 2. The lowest BCUT2D eigenvalue weighted by Gasteiger charge is -2.16. The first kappa shape index (κ1) is 15.3. The van der Waals surface area contributed by atoms with E-state index < -0.39 is 0 Å². The van der Waals surface area contributed by atoms with Crippen LogP contribution in [0.5, 0.6) is 0 Å². The van der Waals surface area contributed by atoms with Crippen LogP contribution in [0.4, 0.5) is 5.69 Å². The molecule has 0 bridgehead atoms. The topological polar surface area (TPSA) is 49.4 Å². The van der Waals surface area contributed by atoms with E-state index in [4.69, 9.17) is 0 Å². The molecule has 1 aliphatic rings. The van der Waals surface area contributed by atoms with Crippen LogP contribution in [0.3, 0.4) is 0 Å². The van der Waals surface area contributed by atoms with Crippen molar-refractivity contribution in [2.45, 2.75) is 19.8 Å². The van der Waals surface area contributed by atoms with Crippen molar-refractivity contribution in [2.75, 3.05) is 18.4 Å². The lowest BCUT2D eigenvalue weighted by molar-refractivity contribution is 0.0792. The number of anilines is 1. The molecule has 1 N–H and O–H groups in total. The van der Waals surface area contributed by atoms with Crippen LogP contribution in [0.15, 0.2) is 48.5 Å². The fraction of sp³-hybridized carbons (Fsp3) is 0.263. The fourth-order valence-corrected chi connectivity index (χ4v) is 2.78. The monoisotopic (exact) mass is 308 g/mol. The molecule has 2 aromatic carbocycles. The van der Waals surface area contributed by atoms with Gasteiger partial charge in [-0.1, -0.05) is 24.3 Å². The molecule has 0 atom stereocenters. The van der Waals surface area contributed by atoms with Crippen molar-refractivity contribution in [3.05, 3.63) is 65.2 Å². The number of hydrogen-bond donors (Lipinski definition) is 1. The van der Waals surface area contributed by atoms with Crippen molar-refractivity contribution in [2.24, 2.45) is 0 Å². The number of amides is 2. The molecular weight excluding hydrogens is 288 g/mol. The molecule has 0 radical (unpaired) electrons. The third-order valence-corrected chi connectivity index (χ3v) is 4.16. The minimum absolute atomic E-state index is 0.0395. The van der Waals surface area contributed by atoms with Gasteiger partial charge in [0, 0.05) is 29.9 Å². The smallest absolute Gasteiger partial charge is 0.255 e. The molecule has 118 valence electrons. The summed E-state index contributed by atoms with van der Waals surface area (Å²) in [6.07, 6.45) is 2.13. The summed E-state index contributed by atoms with van der Waals surface area (Å²) < 4.78 is 0. The zero-order chi connectivity index (χ0) is 16.2. The molecule has 1 heterocycles. The Morgan fingerprint density at radius 2 is 1.65 bits per heavy atom. The third-order valence-electron chi connectivity index (χ3n) is 4.16. The lowest BCUT2D eigenvalue weighted by atomic mass is 10.1. The van der Waals surface area contributed by atoms with Gasteiger partial charge in [0.25, 0.3) is 11.8 Å². The highest BCUT2D eigenvalue weighted by Crippen LogP contribution is 2.20. The van der Waals surface area contributed by atoms with Crippen LogP contribution >= 0.6 is 0 Å². The van der Waals surface area contributed by atoms with Gasteiger partial charge in [0.2, 0.25) is 0 Å². The Morgan fingerprint density at radius 1 is 0.957 bits per heavy atom. The minimum atomic E-state index is -0.167. The fourth-order valence-electron chi connectivity index (χ4n) is 2.78. The highest BCUT2D eigenvalue weighted by molar-refractivity contribution is 6.05. The molecule has 3 rings (SSSR count). The van der Waals surface area contributed by atoms with Gasteiger partial charge in [-0.05, 0) is 49.6 Å². The number of nitrogens with one attached hydrogen (secondary N) is 1. The summed E-state index contributed by atoms with van der Waals surface area (Å²) in [6, 6.07) is 14.5. The van der Waals surface area contributed by atoms with E-state index in [0.717, 1.165) is 31.5 Å². The standard InChI is InChI=1S/C19H20N2O2/c1-14-9-10-16(19(23)21-11-5-6-12-21)13-17(14)20-18(22)15-7-3-2-4-8-15/h2-4,7-10,13H,5-6,11-12H2,1H3,(H,20,22). The van der Waals surface area contributed by atoms with Gasteiger partial charge in [0.15, 0.2) is 0 Å². The van der Waals surface area contributed by atoms with Crippen LogP contribution in [0.2, 0.25) is 0 Å². The zero-order valence-electron chi connectivity index (χ0n) is 13.2. The number of hydrogen-bond acceptors (Lipinski definition) is 2. The molecule has 1 fully saturated rings. The highest BCUT2D eigenvalue weighted by Gasteiger charge is 2.20. The van der Waals surface area contributed by atoms with Crippen molar-refractivity contribution >= 4 is 17.5 Å². The molecule has 1 saturated heterocycles. The first-order valence-corrected chi connectivity index (χ1v) is 7.91. The quantitative estimate of drug-likeness (QED) is 0.943. The number of carbonyl (C=O) groups is 2. The maximum Gasteiger partial charge on any atom is 0.255 e. The van der Waals surface area contributed by atoms with Crippen molar-refractivity contribution in [1.29, 1.82) is 0 Å². The van der Waals surface area contributed by atoms with Gasteiger partial charge in [-0.15, -0.1) is 0 Å². The van der Waals surface area contributed by atoms with E-state index in [9.17, 15) is 9.59 Å². The second-order valence-electron chi connectivity index (χ2n) is 5.85. The number of rotatable bonds is 3. The van der Waals surface area contributed by atoms with Crippen molar-refractivity contribution in [3.8, 4) is 0 Å². The Morgan fingerprint density at radius 3 is 2.35 bits per heavy atom. The molecule has 0 spiro atoms. The average molecular weight is 308 g/mol. The molecule has 0 aromatic heterocycles. The number of likely N-dealkylation sites (tertiary alicyclic amines) is 1. The normalized spacial score (nSPS) is 13.9. The van der Waals surface area contributed by atoms with E-state index in [2.05, 4.69) is 5.32 Å². The van der Waals surface area contributed by atoms with Gasteiger partial charge in [-0.3, -0.25) is 9.59 Å². The van der Waals surface area contributed by atoms with Gasteiger partial charge < -0.3 is 10.2 Å². The van der Waals surface area contributed by atoms with E-state index in [1.165, 1.54) is 0 Å². The average Bonchev–Trinajstić information content (AvgIpc) is 3.11. The van der Waals surface area contributed by atoms with Crippen molar-refractivity contribution < 1.29 is 9.59 Å². The lowest BCUT2D eigenvalue weighted by Crippen LogP contribution is -2.27. The Labute approximate surface area is 136 Å². The molecule has 0 aliphatic carbocycles. The summed E-state index contributed by atoms with van der Waals surface area (Å²) >= 11 is 0. The van der Waals surface area contributed by atoms with E-state index in [-0.39, 0.29) is 11.8 Å². The summed E-state index contributed by atoms with van der Waals surface area (Å²) in [5, 5.41) is 2.90. The van der Waals surface area contributed by atoms with E-state index in [1.807, 2.05) is 42.2 Å². The Hall–Kier alpha value is -2.62. The molecule has 4 nitrogen and oxygen atoms in total. The van der Waals surface area contributed by atoms with E-state index in [0.29, 0.717) is 16.8 Å². The van der Waals surface area contributed by atoms with Crippen LogP contribution in [0.1, 0.15) is 39.1 Å². The molecule has 23 heavy (non-hydrogen) atoms. The predicted molar refractivity (Wildman–Crippen MR) is 90.7 cm³/mol. The summed E-state index contributed by atoms with van der Waals surface area (Å²) in [6.45, 7) is 3.56. The van der Waals surface area contributed by atoms with Gasteiger partial charge in [0.05, 0.1) is 0 Å². The number of carbonyl (C=O) groups excluding carboxylic acids is 2. The summed E-state index contributed by atoms with van der Waals surface area (Å²) in [7, 11) is 0. The summed E-state index contributed by atoms with van der Waals surface area (Å²) in [5.41, 5.74) is 2.85. The Bertz CT molecular complexity index is 719.